The average Bonchev–Trinajstić information content (AvgIpc) is 3.56. The summed E-state index contributed by atoms with van der Waals surface area (Å²) < 4.78 is 32.5. The number of carboxylic acids is 1. The first-order valence-electron chi connectivity index (χ1n) is 12.4. The Morgan fingerprint density at radius 2 is 1.95 bits per heavy atom. The zero-order valence-corrected chi connectivity index (χ0v) is 20.6. The smallest absolute Gasteiger partial charge is 0.304 e. The molecule has 190 valence electrons. The van der Waals surface area contributed by atoms with E-state index >= 15 is 4.39 Å². The van der Waals surface area contributed by atoms with Crippen LogP contribution in [0.15, 0.2) is 54.7 Å². The number of aromatic nitrogens is 1. The molecule has 0 amide bonds. The maximum atomic E-state index is 15.0. The Labute approximate surface area is 215 Å². The van der Waals surface area contributed by atoms with Crippen LogP contribution in [0.25, 0.3) is 11.3 Å². The molecule has 0 spiro atoms. The van der Waals surface area contributed by atoms with E-state index in [0.29, 0.717) is 43.1 Å². The van der Waals surface area contributed by atoms with Crippen molar-refractivity contribution < 1.29 is 28.5 Å². The van der Waals surface area contributed by atoms with Gasteiger partial charge >= 0.3 is 5.97 Å². The Hall–Kier alpha value is -3.89. The molecular formula is C30H28FNO5. The zero-order chi connectivity index (χ0) is 25.8. The van der Waals surface area contributed by atoms with Crippen molar-refractivity contribution in [3.63, 3.8) is 0 Å². The van der Waals surface area contributed by atoms with Crippen molar-refractivity contribution in [1.82, 2.24) is 4.98 Å². The molecule has 2 heterocycles. The average molecular weight is 502 g/mol. The van der Waals surface area contributed by atoms with Gasteiger partial charge in [0.05, 0.1) is 37.4 Å². The van der Waals surface area contributed by atoms with Gasteiger partial charge in [-0.05, 0) is 67.3 Å². The fourth-order valence-electron chi connectivity index (χ4n) is 4.98. The van der Waals surface area contributed by atoms with Gasteiger partial charge < -0.3 is 19.3 Å². The predicted octanol–water partition coefficient (Wildman–Crippen LogP) is 5.70. The lowest BCUT2D eigenvalue weighted by atomic mass is 9.96. The van der Waals surface area contributed by atoms with Gasteiger partial charge in [-0.3, -0.25) is 9.78 Å². The van der Waals surface area contributed by atoms with Gasteiger partial charge in [0, 0.05) is 17.5 Å². The largest absolute Gasteiger partial charge is 0.486 e. The number of nitrogens with zero attached hydrogens (tertiary/aromatic N) is 1. The summed E-state index contributed by atoms with van der Waals surface area (Å²) in [6, 6.07) is 14.3. The van der Waals surface area contributed by atoms with Gasteiger partial charge in [-0.2, -0.15) is 0 Å². The number of pyridine rings is 1. The second-order valence-corrected chi connectivity index (χ2v) is 9.23. The molecule has 37 heavy (non-hydrogen) atoms. The lowest BCUT2D eigenvalue weighted by molar-refractivity contribution is -0.137. The van der Waals surface area contributed by atoms with Gasteiger partial charge in [-0.25, -0.2) is 4.39 Å². The Morgan fingerprint density at radius 3 is 2.62 bits per heavy atom. The number of benzene rings is 2. The number of hydrogen-bond donors (Lipinski definition) is 1. The molecule has 2 unspecified atom stereocenters. The number of aliphatic carboxylic acids is 1. The molecule has 1 aromatic heterocycles. The summed E-state index contributed by atoms with van der Waals surface area (Å²) >= 11 is 0. The summed E-state index contributed by atoms with van der Waals surface area (Å²) in [7, 11) is 0. The van der Waals surface area contributed by atoms with E-state index in [0.717, 1.165) is 28.8 Å². The van der Waals surface area contributed by atoms with E-state index in [1.54, 1.807) is 31.3 Å². The van der Waals surface area contributed by atoms with Crippen molar-refractivity contribution in [1.29, 1.82) is 0 Å². The highest BCUT2D eigenvalue weighted by atomic mass is 19.1. The maximum absolute atomic E-state index is 15.0. The summed E-state index contributed by atoms with van der Waals surface area (Å²) in [4.78, 5) is 15.8. The number of halogens is 1. The molecule has 0 bridgehead atoms. The standard InChI is InChI=1S/C30H28FNO5/c1-2-3-20(16-29(33)34)19-4-6-21(7-5-19)37-28-13-10-25-24(9-11-26(31)30(25)28)27-12-8-22(17-32-27)36-23-14-15-35-18-23/h4-9,11-12,17,20,23,28H,10,13-16,18H2,1H3,(H,33,34)/t20?,23?,28-/m1/s1. The Morgan fingerprint density at radius 1 is 1.14 bits per heavy atom. The van der Waals surface area contributed by atoms with Crippen LogP contribution >= 0.6 is 0 Å². The maximum Gasteiger partial charge on any atom is 0.304 e. The second-order valence-electron chi connectivity index (χ2n) is 9.23. The van der Waals surface area contributed by atoms with Crippen LogP contribution < -0.4 is 9.47 Å². The van der Waals surface area contributed by atoms with Crippen LogP contribution in [0, 0.1) is 17.7 Å². The number of ether oxygens (including phenoxy) is 3. The van der Waals surface area contributed by atoms with Crippen LogP contribution in [-0.4, -0.2) is 35.4 Å². The third kappa shape index (κ3) is 5.60. The van der Waals surface area contributed by atoms with Crippen molar-refractivity contribution in [3.05, 3.63) is 77.2 Å². The molecule has 0 saturated carbocycles. The number of rotatable bonds is 8. The van der Waals surface area contributed by atoms with Crippen LogP contribution in [-0.2, 0) is 16.0 Å². The molecule has 0 radical (unpaired) electrons. The molecule has 1 saturated heterocycles. The SMILES string of the molecule is CC#CC(CC(=O)O)c1ccc(O[C@@H]2CCc3c(-c4ccc(OC5CCOC5)cn4)ccc(F)c32)cc1. The van der Waals surface area contributed by atoms with E-state index in [-0.39, 0.29) is 24.3 Å². The van der Waals surface area contributed by atoms with Crippen LogP contribution in [0.3, 0.4) is 0 Å². The Bertz CT molecular complexity index is 1320. The second kappa shape index (κ2) is 11.0. The molecule has 1 fully saturated rings. The first-order valence-corrected chi connectivity index (χ1v) is 12.4. The summed E-state index contributed by atoms with van der Waals surface area (Å²) in [6.45, 7) is 2.99. The Kier molecular flexibility index (Phi) is 7.38. The molecule has 1 aliphatic heterocycles. The fourth-order valence-corrected chi connectivity index (χ4v) is 4.98. The van der Waals surface area contributed by atoms with Crippen LogP contribution in [0.4, 0.5) is 4.39 Å². The molecule has 2 aliphatic rings. The number of fused-ring (bicyclic) bond motifs is 1. The van der Waals surface area contributed by atoms with Gasteiger partial charge in [0.1, 0.15) is 29.5 Å². The molecule has 5 rings (SSSR count). The third-order valence-corrected chi connectivity index (χ3v) is 6.74. The Balaban J connectivity index is 1.33. The molecule has 6 nitrogen and oxygen atoms in total. The lowest BCUT2D eigenvalue weighted by Crippen LogP contribution is -2.15. The molecule has 3 aromatic rings. The van der Waals surface area contributed by atoms with Crippen LogP contribution in [0.2, 0.25) is 0 Å². The normalized spacial score (nSPS) is 19.0. The third-order valence-electron chi connectivity index (χ3n) is 6.74. The van der Waals surface area contributed by atoms with Crippen molar-refractivity contribution in [2.24, 2.45) is 0 Å². The summed E-state index contributed by atoms with van der Waals surface area (Å²) in [6.07, 6.45) is 3.46. The van der Waals surface area contributed by atoms with Gasteiger partial charge in [0.15, 0.2) is 0 Å². The lowest BCUT2D eigenvalue weighted by Gasteiger charge is -2.17. The quantitative estimate of drug-likeness (QED) is 0.399. The van der Waals surface area contributed by atoms with E-state index in [2.05, 4.69) is 16.8 Å². The highest BCUT2D eigenvalue weighted by Gasteiger charge is 2.30. The van der Waals surface area contributed by atoms with Crippen molar-refractivity contribution >= 4 is 5.97 Å². The molecule has 7 heteroatoms. The van der Waals surface area contributed by atoms with Gasteiger partial charge in [-0.1, -0.05) is 18.1 Å². The van der Waals surface area contributed by atoms with Gasteiger partial charge in [0.2, 0.25) is 0 Å². The molecule has 1 N–H and O–H groups in total. The minimum Gasteiger partial charge on any atom is -0.486 e. The minimum absolute atomic E-state index is 0.0531. The van der Waals surface area contributed by atoms with Crippen molar-refractivity contribution in [2.45, 2.75) is 50.7 Å². The summed E-state index contributed by atoms with van der Waals surface area (Å²) in [5.41, 5.74) is 3.93. The topological polar surface area (TPSA) is 77.9 Å². The predicted molar refractivity (Wildman–Crippen MR) is 136 cm³/mol. The monoisotopic (exact) mass is 501 g/mol. The molecule has 3 atom stereocenters. The highest BCUT2D eigenvalue weighted by molar-refractivity contribution is 5.69. The van der Waals surface area contributed by atoms with Crippen LogP contribution in [0.5, 0.6) is 11.5 Å². The van der Waals surface area contributed by atoms with Crippen molar-refractivity contribution in [2.75, 3.05) is 13.2 Å². The molecule has 1 aliphatic carbocycles. The molecule has 2 aromatic carbocycles. The first-order chi connectivity index (χ1) is 18.0. The summed E-state index contributed by atoms with van der Waals surface area (Å²) in [5.74, 6) is 5.45. The van der Waals surface area contributed by atoms with E-state index < -0.39 is 12.1 Å². The molecular weight excluding hydrogens is 473 g/mol. The van der Waals surface area contributed by atoms with Crippen molar-refractivity contribution in [3.8, 4) is 34.6 Å². The van der Waals surface area contributed by atoms with E-state index in [1.807, 2.05) is 24.3 Å². The number of hydrogen-bond acceptors (Lipinski definition) is 5. The van der Waals surface area contributed by atoms with E-state index in [9.17, 15) is 4.79 Å². The van der Waals surface area contributed by atoms with Gasteiger partial charge in [0.25, 0.3) is 0 Å². The van der Waals surface area contributed by atoms with E-state index in [4.69, 9.17) is 19.3 Å². The van der Waals surface area contributed by atoms with E-state index in [1.165, 1.54) is 6.07 Å². The van der Waals surface area contributed by atoms with Gasteiger partial charge in [-0.15, -0.1) is 5.92 Å². The zero-order valence-electron chi connectivity index (χ0n) is 20.6. The minimum atomic E-state index is -0.901. The highest BCUT2D eigenvalue weighted by Crippen LogP contribution is 2.41. The summed E-state index contributed by atoms with van der Waals surface area (Å²) in [5, 5.41) is 9.17. The fraction of sp³-hybridized carbons (Fsp3) is 0.333. The van der Waals surface area contributed by atoms with Crippen LogP contribution in [0.1, 0.15) is 54.9 Å². The number of carboxylic acid groups (broad SMARTS) is 1. The number of carbonyl (C=O) groups is 1. The first kappa shape index (κ1) is 24.8.